The Balaban J connectivity index is 2.78. The van der Waals surface area contributed by atoms with Crippen molar-refractivity contribution in [2.45, 2.75) is 33.6 Å². The Bertz CT molecular complexity index is 626. The number of hydrogen-bond donors (Lipinski definition) is 2. The Morgan fingerprint density at radius 3 is 2.33 bits per heavy atom. The number of hydrazine groups is 1. The number of aromatic nitrogens is 1. The highest BCUT2D eigenvalue weighted by Crippen LogP contribution is 2.38. The molecule has 2 aromatic rings. The van der Waals surface area contributed by atoms with Gasteiger partial charge in [-0.2, -0.15) is 0 Å². The van der Waals surface area contributed by atoms with Gasteiger partial charge in [-0.25, -0.2) is 4.98 Å². The highest BCUT2D eigenvalue weighted by Gasteiger charge is 2.16. The summed E-state index contributed by atoms with van der Waals surface area (Å²) in [5, 5.41) is 0.856. The topological polar surface area (TPSA) is 69.4 Å². The lowest BCUT2D eigenvalue weighted by Crippen LogP contribution is -2.10. The smallest absolute Gasteiger partial charge is 0.145 e. The Kier molecular flexibility index (Phi) is 4.85. The lowest BCUT2D eigenvalue weighted by Gasteiger charge is -2.17. The second-order valence-electron chi connectivity index (χ2n) is 5.05. The molecule has 0 atom stereocenters. The maximum atomic E-state index is 5.70. The fraction of sp³-hybridized carbons (Fsp3) is 0.438. The van der Waals surface area contributed by atoms with Gasteiger partial charge in [0.25, 0.3) is 0 Å². The molecular formula is C16H23N3O2. The third kappa shape index (κ3) is 3.03. The maximum Gasteiger partial charge on any atom is 0.145 e. The zero-order chi connectivity index (χ0) is 15.4. The van der Waals surface area contributed by atoms with Gasteiger partial charge < -0.3 is 14.9 Å². The van der Waals surface area contributed by atoms with Crippen LogP contribution in [0, 0.1) is 0 Å². The summed E-state index contributed by atoms with van der Waals surface area (Å²) in [7, 11) is 0. The Hall–Kier alpha value is -2.01. The average Bonchev–Trinajstić information content (AvgIpc) is 2.48. The number of fused-ring (bicyclic) bond motifs is 1. The highest BCUT2D eigenvalue weighted by atomic mass is 16.5. The summed E-state index contributed by atoms with van der Waals surface area (Å²) >= 11 is 0. The van der Waals surface area contributed by atoms with Gasteiger partial charge in [-0.1, -0.05) is 13.8 Å². The number of anilines is 1. The molecule has 0 bridgehead atoms. The molecule has 5 nitrogen and oxygen atoms in total. The first-order valence-corrected chi connectivity index (χ1v) is 7.32. The number of nitrogens with two attached hydrogens (primary N) is 1. The number of ether oxygens (including phenoxy) is 2. The average molecular weight is 289 g/mol. The number of benzene rings is 1. The van der Waals surface area contributed by atoms with E-state index in [1.807, 2.05) is 32.0 Å². The van der Waals surface area contributed by atoms with Gasteiger partial charge in [0.15, 0.2) is 0 Å². The normalized spacial score (nSPS) is 11.0. The first-order chi connectivity index (χ1) is 10.1. The van der Waals surface area contributed by atoms with E-state index in [4.69, 9.17) is 20.3 Å². The van der Waals surface area contributed by atoms with Gasteiger partial charge in [-0.3, -0.25) is 5.84 Å². The van der Waals surface area contributed by atoms with Gasteiger partial charge in [0.1, 0.15) is 17.0 Å². The summed E-state index contributed by atoms with van der Waals surface area (Å²) in [6.07, 6.45) is 0. The molecule has 1 aromatic heterocycles. The quantitative estimate of drug-likeness (QED) is 0.629. The van der Waals surface area contributed by atoms with Crippen LogP contribution in [-0.4, -0.2) is 18.2 Å². The minimum Gasteiger partial charge on any atom is -0.493 e. The summed E-state index contributed by atoms with van der Waals surface area (Å²) in [5.74, 6) is 7.50. The molecule has 0 spiro atoms. The molecule has 114 valence electrons. The summed E-state index contributed by atoms with van der Waals surface area (Å²) in [6.45, 7) is 9.27. The van der Waals surface area contributed by atoms with Crippen LogP contribution in [0.1, 0.15) is 39.3 Å². The Morgan fingerprint density at radius 2 is 1.76 bits per heavy atom. The number of nitrogens with zero attached hydrogens (tertiary/aromatic N) is 1. The van der Waals surface area contributed by atoms with E-state index in [0.717, 1.165) is 33.8 Å². The number of rotatable bonds is 6. The molecule has 0 saturated carbocycles. The summed E-state index contributed by atoms with van der Waals surface area (Å²) < 4.78 is 11.4. The van der Waals surface area contributed by atoms with Gasteiger partial charge in [0, 0.05) is 5.69 Å². The number of pyridine rings is 1. The van der Waals surface area contributed by atoms with Crippen LogP contribution < -0.4 is 20.7 Å². The van der Waals surface area contributed by atoms with Crippen molar-refractivity contribution < 1.29 is 9.47 Å². The van der Waals surface area contributed by atoms with E-state index in [1.165, 1.54) is 0 Å². The first kappa shape index (κ1) is 15.4. The molecule has 0 amide bonds. The van der Waals surface area contributed by atoms with Crippen molar-refractivity contribution in [1.29, 1.82) is 0 Å². The van der Waals surface area contributed by atoms with Gasteiger partial charge >= 0.3 is 0 Å². The predicted molar refractivity (Wildman–Crippen MR) is 86.0 cm³/mol. The Labute approximate surface area is 125 Å². The summed E-state index contributed by atoms with van der Waals surface area (Å²) in [6, 6.07) is 5.76. The van der Waals surface area contributed by atoms with E-state index < -0.39 is 0 Å². The van der Waals surface area contributed by atoms with Gasteiger partial charge in [0.2, 0.25) is 0 Å². The van der Waals surface area contributed by atoms with Crippen molar-refractivity contribution in [3.05, 3.63) is 23.9 Å². The molecule has 3 N–H and O–H groups in total. The van der Waals surface area contributed by atoms with E-state index in [-0.39, 0.29) is 0 Å². The number of hydrogen-bond acceptors (Lipinski definition) is 5. The largest absolute Gasteiger partial charge is 0.493 e. The molecule has 0 aliphatic carbocycles. The Morgan fingerprint density at radius 1 is 1.14 bits per heavy atom. The van der Waals surface area contributed by atoms with Gasteiger partial charge in [-0.05, 0) is 38.0 Å². The van der Waals surface area contributed by atoms with Crippen molar-refractivity contribution in [2.75, 3.05) is 18.6 Å². The molecule has 0 fully saturated rings. The molecule has 0 aliphatic rings. The van der Waals surface area contributed by atoms with E-state index in [0.29, 0.717) is 19.1 Å². The zero-order valence-electron chi connectivity index (χ0n) is 13.1. The van der Waals surface area contributed by atoms with E-state index in [2.05, 4.69) is 19.3 Å². The highest BCUT2D eigenvalue weighted by molar-refractivity contribution is 5.99. The molecule has 0 radical (unpaired) electrons. The van der Waals surface area contributed by atoms with Crippen molar-refractivity contribution >= 4 is 16.6 Å². The van der Waals surface area contributed by atoms with Crippen LogP contribution in [0.3, 0.4) is 0 Å². The summed E-state index contributed by atoms with van der Waals surface area (Å²) in [4.78, 5) is 4.74. The molecule has 21 heavy (non-hydrogen) atoms. The maximum absolute atomic E-state index is 5.70. The van der Waals surface area contributed by atoms with Crippen molar-refractivity contribution in [3.8, 4) is 11.5 Å². The van der Waals surface area contributed by atoms with Crippen LogP contribution in [0.2, 0.25) is 0 Å². The van der Waals surface area contributed by atoms with Crippen molar-refractivity contribution in [3.63, 3.8) is 0 Å². The van der Waals surface area contributed by atoms with Crippen LogP contribution >= 0.6 is 0 Å². The van der Waals surface area contributed by atoms with Crippen LogP contribution in [0.25, 0.3) is 10.9 Å². The fourth-order valence-corrected chi connectivity index (χ4v) is 2.26. The zero-order valence-corrected chi connectivity index (χ0v) is 13.1. The fourth-order valence-electron chi connectivity index (χ4n) is 2.26. The van der Waals surface area contributed by atoms with Gasteiger partial charge in [-0.15, -0.1) is 0 Å². The lowest BCUT2D eigenvalue weighted by molar-refractivity contribution is 0.336. The second-order valence-corrected chi connectivity index (χ2v) is 5.05. The molecule has 0 aliphatic heterocycles. The molecule has 5 heteroatoms. The van der Waals surface area contributed by atoms with Crippen LogP contribution in [0.5, 0.6) is 11.5 Å². The number of nitrogens with one attached hydrogen (secondary N) is 1. The van der Waals surface area contributed by atoms with E-state index >= 15 is 0 Å². The lowest BCUT2D eigenvalue weighted by atomic mass is 10.1. The SMILES string of the molecule is CCOc1ccc(OCC)c2c(NN)cc(C(C)C)nc12. The first-order valence-electron chi connectivity index (χ1n) is 7.32. The molecule has 1 heterocycles. The molecule has 1 aromatic carbocycles. The van der Waals surface area contributed by atoms with Gasteiger partial charge in [0.05, 0.1) is 24.3 Å². The number of nitrogen functional groups attached to an aromatic ring is 1. The summed E-state index contributed by atoms with van der Waals surface area (Å²) in [5.41, 5.74) is 5.30. The standard InChI is InChI=1S/C16H23N3O2/c1-5-20-13-7-8-14(21-6-2)16-15(13)12(19-17)9-11(18-16)10(3)4/h7-10H,5-6,17H2,1-4H3,(H,18,19). The molecular weight excluding hydrogens is 266 g/mol. The van der Waals surface area contributed by atoms with Crippen molar-refractivity contribution in [1.82, 2.24) is 4.98 Å². The predicted octanol–water partition coefficient (Wildman–Crippen LogP) is 3.44. The second kappa shape index (κ2) is 6.63. The van der Waals surface area contributed by atoms with Crippen molar-refractivity contribution in [2.24, 2.45) is 5.84 Å². The third-order valence-corrected chi connectivity index (χ3v) is 3.25. The minimum absolute atomic E-state index is 0.298. The molecule has 0 saturated heterocycles. The van der Waals surface area contributed by atoms with E-state index in [1.54, 1.807) is 0 Å². The van der Waals surface area contributed by atoms with Crippen LogP contribution in [0.15, 0.2) is 18.2 Å². The molecule has 0 unspecified atom stereocenters. The van der Waals surface area contributed by atoms with Crippen LogP contribution in [0.4, 0.5) is 5.69 Å². The van der Waals surface area contributed by atoms with Crippen LogP contribution in [-0.2, 0) is 0 Å². The third-order valence-electron chi connectivity index (χ3n) is 3.25. The van der Waals surface area contributed by atoms with E-state index in [9.17, 15) is 0 Å². The monoisotopic (exact) mass is 289 g/mol. The molecule has 2 rings (SSSR count). The minimum atomic E-state index is 0.298.